The molecule has 1 aromatic rings. The van der Waals surface area contributed by atoms with E-state index in [1.54, 1.807) is 0 Å². The number of rotatable bonds is 2. The summed E-state index contributed by atoms with van der Waals surface area (Å²) in [7, 11) is 0. The van der Waals surface area contributed by atoms with Gasteiger partial charge in [-0.05, 0) is 55.3 Å². The summed E-state index contributed by atoms with van der Waals surface area (Å²) in [5, 5.41) is 3.45. The molecule has 0 bridgehead atoms. The molecular formula is C17H25N3O. The zero-order chi connectivity index (χ0) is 14.9. The molecule has 2 unspecified atom stereocenters. The number of hydrogen-bond acceptors (Lipinski definition) is 3. The lowest BCUT2D eigenvalue weighted by Gasteiger charge is -2.41. The van der Waals surface area contributed by atoms with Gasteiger partial charge in [-0.1, -0.05) is 13.8 Å². The molecule has 114 valence electrons. The Labute approximate surface area is 126 Å². The topological polar surface area (TPSA) is 45.2 Å². The van der Waals surface area contributed by atoms with Crippen LogP contribution in [0.1, 0.15) is 51.1 Å². The predicted molar refractivity (Wildman–Crippen MR) is 82.7 cm³/mol. The van der Waals surface area contributed by atoms with Crippen LogP contribution in [0.5, 0.6) is 0 Å². The van der Waals surface area contributed by atoms with E-state index in [9.17, 15) is 4.79 Å². The van der Waals surface area contributed by atoms with Crippen molar-refractivity contribution >= 4 is 5.91 Å². The van der Waals surface area contributed by atoms with Crippen molar-refractivity contribution < 1.29 is 4.79 Å². The van der Waals surface area contributed by atoms with Gasteiger partial charge in [-0.2, -0.15) is 0 Å². The first-order valence-corrected chi connectivity index (χ1v) is 8.03. The minimum atomic E-state index is -0.0475. The van der Waals surface area contributed by atoms with Crippen LogP contribution in [0.25, 0.3) is 0 Å². The lowest BCUT2D eigenvalue weighted by Crippen LogP contribution is -2.56. The van der Waals surface area contributed by atoms with E-state index in [2.05, 4.69) is 29.0 Å². The fourth-order valence-electron chi connectivity index (χ4n) is 3.76. The largest absolute Gasteiger partial charge is 0.334 e. The number of carbonyl (C=O) groups excluding carboxylic acids is 1. The van der Waals surface area contributed by atoms with Crippen LogP contribution in [0.3, 0.4) is 0 Å². The first-order valence-electron chi connectivity index (χ1n) is 8.03. The van der Waals surface area contributed by atoms with Crippen LogP contribution in [0, 0.1) is 5.41 Å². The van der Waals surface area contributed by atoms with Crippen molar-refractivity contribution in [3.8, 4) is 0 Å². The summed E-state index contributed by atoms with van der Waals surface area (Å²) < 4.78 is 0. The maximum Gasteiger partial charge on any atom is 0.240 e. The molecule has 2 aliphatic heterocycles. The number of aromatic nitrogens is 1. The Morgan fingerprint density at radius 2 is 2.10 bits per heavy atom. The summed E-state index contributed by atoms with van der Waals surface area (Å²) in [6, 6.07) is 4.25. The van der Waals surface area contributed by atoms with E-state index in [0.717, 1.165) is 38.8 Å². The Bertz CT molecular complexity index is 500. The molecule has 1 aromatic heterocycles. The average molecular weight is 287 g/mol. The second kappa shape index (κ2) is 5.76. The van der Waals surface area contributed by atoms with E-state index in [4.69, 9.17) is 0 Å². The molecule has 2 fully saturated rings. The van der Waals surface area contributed by atoms with Gasteiger partial charge in [0.15, 0.2) is 0 Å². The summed E-state index contributed by atoms with van der Waals surface area (Å²) in [5.41, 5.74) is 1.25. The number of hydrogen-bond donors (Lipinski definition) is 1. The standard InChI is InChI=1S/C17H25N3O/c1-17(2)8-4-9-19-15(17)16(21)20-12-3-5-14(20)13-6-10-18-11-7-13/h6-7,10-11,14-15,19H,3-5,8-9,12H2,1-2H3. The molecule has 2 atom stereocenters. The molecule has 0 aliphatic carbocycles. The number of nitrogens with zero attached hydrogens (tertiary/aromatic N) is 2. The number of likely N-dealkylation sites (tertiary alicyclic amines) is 1. The predicted octanol–water partition coefficient (Wildman–Crippen LogP) is 2.52. The SMILES string of the molecule is CC1(C)CCCNC1C(=O)N1CCCC1c1ccncc1. The number of piperidine rings is 1. The van der Waals surface area contributed by atoms with Gasteiger partial charge in [0, 0.05) is 18.9 Å². The molecule has 1 N–H and O–H groups in total. The van der Waals surface area contributed by atoms with Crippen LogP contribution in [0.2, 0.25) is 0 Å². The van der Waals surface area contributed by atoms with E-state index in [0.29, 0.717) is 0 Å². The zero-order valence-corrected chi connectivity index (χ0v) is 13.0. The van der Waals surface area contributed by atoms with Crippen LogP contribution in [0.4, 0.5) is 0 Å². The molecule has 4 nitrogen and oxygen atoms in total. The van der Waals surface area contributed by atoms with Gasteiger partial charge in [0.05, 0.1) is 12.1 Å². The number of pyridine rings is 1. The summed E-state index contributed by atoms with van der Waals surface area (Å²) in [5.74, 6) is 0.277. The van der Waals surface area contributed by atoms with Gasteiger partial charge in [-0.15, -0.1) is 0 Å². The first-order chi connectivity index (χ1) is 10.1. The third-order valence-corrected chi connectivity index (χ3v) is 5.00. The van der Waals surface area contributed by atoms with E-state index in [1.165, 1.54) is 5.56 Å². The molecule has 0 spiro atoms. The van der Waals surface area contributed by atoms with E-state index >= 15 is 0 Å². The summed E-state index contributed by atoms with van der Waals surface area (Å²) in [6.07, 6.45) is 8.06. The Morgan fingerprint density at radius 3 is 2.81 bits per heavy atom. The summed E-state index contributed by atoms with van der Waals surface area (Å²) >= 11 is 0. The molecule has 0 radical (unpaired) electrons. The van der Waals surface area contributed by atoms with Gasteiger partial charge < -0.3 is 10.2 Å². The highest BCUT2D eigenvalue weighted by Crippen LogP contribution is 2.36. The van der Waals surface area contributed by atoms with E-state index in [1.807, 2.05) is 24.5 Å². The maximum absolute atomic E-state index is 13.0. The second-order valence-corrected chi connectivity index (χ2v) is 6.95. The Hall–Kier alpha value is -1.42. The lowest BCUT2D eigenvalue weighted by molar-refractivity contribution is -0.138. The third-order valence-electron chi connectivity index (χ3n) is 5.00. The van der Waals surface area contributed by atoms with Crippen molar-refractivity contribution in [3.63, 3.8) is 0 Å². The van der Waals surface area contributed by atoms with Crippen LogP contribution in [0.15, 0.2) is 24.5 Å². The smallest absolute Gasteiger partial charge is 0.240 e. The van der Waals surface area contributed by atoms with Gasteiger partial charge in [-0.25, -0.2) is 0 Å². The normalized spacial score (nSPS) is 28.6. The van der Waals surface area contributed by atoms with Crippen molar-refractivity contribution in [2.45, 2.75) is 51.6 Å². The van der Waals surface area contributed by atoms with E-state index in [-0.39, 0.29) is 23.4 Å². The van der Waals surface area contributed by atoms with Crippen molar-refractivity contribution in [1.29, 1.82) is 0 Å². The summed E-state index contributed by atoms with van der Waals surface area (Å²) in [6.45, 7) is 6.24. The fraction of sp³-hybridized carbons (Fsp3) is 0.647. The van der Waals surface area contributed by atoms with Crippen LogP contribution >= 0.6 is 0 Å². The van der Waals surface area contributed by atoms with Crippen molar-refractivity contribution in [1.82, 2.24) is 15.2 Å². The van der Waals surface area contributed by atoms with Crippen LogP contribution in [-0.4, -0.2) is 34.9 Å². The average Bonchev–Trinajstić information content (AvgIpc) is 2.96. The highest BCUT2D eigenvalue weighted by molar-refractivity contribution is 5.83. The Morgan fingerprint density at radius 1 is 1.33 bits per heavy atom. The molecule has 1 amide bonds. The highest BCUT2D eigenvalue weighted by Gasteiger charge is 2.42. The van der Waals surface area contributed by atoms with Crippen molar-refractivity contribution in [3.05, 3.63) is 30.1 Å². The number of nitrogens with one attached hydrogen (secondary N) is 1. The molecule has 4 heteroatoms. The first kappa shape index (κ1) is 14.5. The minimum absolute atomic E-state index is 0.0424. The van der Waals surface area contributed by atoms with Gasteiger partial charge >= 0.3 is 0 Å². The van der Waals surface area contributed by atoms with Crippen molar-refractivity contribution in [2.24, 2.45) is 5.41 Å². The lowest BCUT2D eigenvalue weighted by atomic mass is 9.77. The minimum Gasteiger partial charge on any atom is -0.334 e. The Kier molecular flexibility index (Phi) is 3.98. The van der Waals surface area contributed by atoms with Gasteiger partial charge in [0.25, 0.3) is 0 Å². The van der Waals surface area contributed by atoms with Gasteiger partial charge in [0.2, 0.25) is 5.91 Å². The monoisotopic (exact) mass is 287 g/mol. The third kappa shape index (κ3) is 2.82. The highest BCUT2D eigenvalue weighted by atomic mass is 16.2. The molecule has 2 aliphatic rings. The van der Waals surface area contributed by atoms with Crippen molar-refractivity contribution in [2.75, 3.05) is 13.1 Å². The molecule has 3 heterocycles. The second-order valence-electron chi connectivity index (χ2n) is 6.95. The fourth-order valence-corrected chi connectivity index (χ4v) is 3.76. The molecule has 0 aromatic carbocycles. The Balaban J connectivity index is 1.80. The number of amides is 1. The van der Waals surface area contributed by atoms with Gasteiger partial charge in [-0.3, -0.25) is 9.78 Å². The van der Waals surface area contributed by atoms with Crippen LogP contribution < -0.4 is 5.32 Å². The van der Waals surface area contributed by atoms with Gasteiger partial charge in [0.1, 0.15) is 0 Å². The quantitative estimate of drug-likeness (QED) is 0.909. The zero-order valence-electron chi connectivity index (χ0n) is 13.0. The maximum atomic E-state index is 13.0. The molecule has 2 saturated heterocycles. The van der Waals surface area contributed by atoms with E-state index < -0.39 is 0 Å². The molecule has 21 heavy (non-hydrogen) atoms. The molecule has 3 rings (SSSR count). The molecule has 0 saturated carbocycles. The molecular weight excluding hydrogens is 262 g/mol. The summed E-state index contributed by atoms with van der Waals surface area (Å²) in [4.78, 5) is 19.2. The van der Waals surface area contributed by atoms with Crippen LogP contribution in [-0.2, 0) is 4.79 Å². The number of carbonyl (C=O) groups is 1.